The summed E-state index contributed by atoms with van der Waals surface area (Å²) < 4.78 is 26.7. The molecule has 0 fully saturated rings. The highest BCUT2D eigenvalue weighted by molar-refractivity contribution is 5.95. The van der Waals surface area contributed by atoms with Gasteiger partial charge in [-0.1, -0.05) is 12.2 Å². The molecule has 20 heavy (non-hydrogen) atoms. The van der Waals surface area contributed by atoms with Crippen molar-refractivity contribution in [2.24, 2.45) is 5.92 Å². The molecular formula is C14H13F2NO3. The van der Waals surface area contributed by atoms with E-state index in [4.69, 9.17) is 5.11 Å². The number of carbonyl (C=O) groups excluding carboxylic acids is 1. The van der Waals surface area contributed by atoms with Crippen LogP contribution in [-0.4, -0.2) is 23.0 Å². The van der Waals surface area contributed by atoms with Crippen molar-refractivity contribution < 1.29 is 23.5 Å². The minimum absolute atomic E-state index is 0.168. The predicted molar refractivity (Wildman–Crippen MR) is 67.2 cm³/mol. The molecule has 6 heteroatoms. The maximum Gasteiger partial charge on any atom is 0.310 e. The minimum atomic E-state index is -0.971. The van der Waals surface area contributed by atoms with Gasteiger partial charge in [0.2, 0.25) is 0 Å². The van der Waals surface area contributed by atoms with Crippen molar-refractivity contribution in [1.29, 1.82) is 0 Å². The molecule has 0 bridgehead atoms. The van der Waals surface area contributed by atoms with Crippen molar-refractivity contribution in [3.63, 3.8) is 0 Å². The van der Waals surface area contributed by atoms with E-state index in [1.807, 2.05) is 0 Å². The summed E-state index contributed by atoms with van der Waals surface area (Å²) >= 11 is 0. The van der Waals surface area contributed by atoms with Crippen LogP contribution in [-0.2, 0) is 4.79 Å². The smallest absolute Gasteiger partial charge is 0.310 e. The third-order valence-corrected chi connectivity index (χ3v) is 3.21. The molecule has 2 rings (SSSR count). The molecule has 0 aromatic heterocycles. The van der Waals surface area contributed by atoms with Crippen molar-refractivity contribution in [2.75, 3.05) is 0 Å². The molecule has 0 aliphatic heterocycles. The van der Waals surface area contributed by atoms with Gasteiger partial charge in [-0.3, -0.25) is 9.59 Å². The number of carboxylic acids is 1. The maximum absolute atomic E-state index is 13.5. The molecule has 2 atom stereocenters. The van der Waals surface area contributed by atoms with Crippen LogP contribution < -0.4 is 5.32 Å². The number of amides is 1. The normalized spacial score (nSPS) is 20.9. The fourth-order valence-electron chi connectivity index (χ4n) is 2.07. The third kappa shape index (κ3) is 2.84. The van der Waals surface area contributed by atoms with E-state index in [9.17, 15) is 18.4 Å². The fourth-order valence-corrected chi connectivity index (χ4v) is 2.07. The van der Waals surface area contributed by atoms with E-state index in [0.717, 1.165) is 6.07 Å². The Morgan fingerprint density at radius 1 is 1.25 bits per heavy atom. The Morgan fingerprint density at radius 2 is 1.95 bits per heavy atom. The molecule has 2 unspecified atom stereocenters. The topological polar surface area (TPSA) is 66.4 Å². The van der Waals surface area contributed by atoms with Gasteiger partial charge in [-0.25, -0.2) is 8.78 Å². The zero-order chi connectivity index (χ0) is 14.9. The highest BCUT2D eigenvalue weighted by Gasteiger charge is 2.26. The van der Waals surface area contributed by atoms with Crippen LogP contribution in [0.4, 0.5) is 8.78 Å². The highest BCUT2D eigenvalue weighted by atomic mass is 19.1. The van der Waals surface area contributed by atoms with Gasteiger partial charge in [0.05, 0.1) is 11.5 Å². The lowest BCUT2D eigenvalue weighted by Crippen LogP contribution is -2.34. The Kier molecular flexibility index (Phi) is 3.83. The van der Waals surface area contributed by atoms with Gasteiger partial charge >= 0.3 is 5.97 Å². The van der Waals surface area contributed by atoms with E-state index in [-0.39, 0.29) is 17.5 Å². The lowest BCUT2D eigenvalue weighted by Gasteiger charge is -2.13. The summed E-state index contributed by atoms with van der Waals surface area (Å²) in [6.07, 6.45) is 3.27. The Labute approximate surface area is 114 Å². The molecule has 0 saturated heterocycles. The average molecular weight is 281 g/mol. The molecule has 4 nitrogen and oxygen atoms in total. The molecule has 0 radical (unpaired) electrons. The number of aryl methyl sites for hydroxylation is 1. The second-order valence-corrected chi connectivity index (χ2v) is 4.73. The number of hydrogen-bond donors (Lipinski definition) is 2. The Hall–Kier alpha value is -2.24. The van der Waals surface area contributed by atoms with Crippen LogP contribution in [0.5, 0.6) is 0 Å². The van der Waals surface area contributed by atoms with Crippen LogP contribution in [0.15, 0.2) is 24.3 Å². The summed E-state index contributed by atoms with van der Waals surface area (Å²) in [5, 5.41) is 11.3. The number of halogens is 2. The number of carbonyl (C=O) groups is 2. The first kappa shape index (κ1) is 14.2. The summed E-state index contributed by atoms with van der Waals surface area (Å²) in [6.45, 7) is 1.43. The Bertz CT molecular complexity index is 598. The molecule has 1 aromatic carbocycles. The second kappa shape index (κ2) is 5.40. The number of hydrogen-bond acceptors (Lipinski definition) is 2. The van der Waals surface area contributed by atoms with Crippen LogP contribution in [0.1, 0.15) is 22.3 Å². The van der Waals surface area contributed by atoms with Crippen molar-refractivity contribution >= 4 is 11.9 Å². The predicted octanol–water partition coefficient (Wildman–Crippen LogP) is 2.03. The largest absolute Gasteiger partial charge is 0.481 e. The molecular weight excluding hydrogens is 268 g/mol. The van der Waals surface area contributed by atoms with Gasteiger partial charge < -0.3 is 10.4 Å². The van der Waals surface area contributed by atoms with E-state index in [1.54, 1.807) is 6.08 Å². The molecule has 0 spiro atoms. The van der Waals surface area contributed by atoms with E-state index >= 15 is 0 Å². The molecule has 1 aromatic rings. The van der Waals surface area contributed by atoms with Crippen LogP contribution in [0, 0.1) is 24.5 Å². The summed E-state index contributed by atoms with van der Waals surface area (Å²) in [6, 6.07) is 1.33. The molecule has 2 N–H and O–H groups in total. The van der Waals surface area contributed by atoms with E-state index in [1.165, 1.54) is 13.0 Å². The van der Waals surface area contributed by atoms with Gasteiger partial charge in [0, 0.05) is 12.1 Å². The molecule has 1 aliphatic rings. The van der Waals surface area contributed by atoms with Gasteiger partial charge in [-0.05, 0) is 25.0 Å². The monoisotopic (exact) mass is 281 g/mol. The lowest BCUT2D eigenvalue weighted by molar-refractivity contribution is -0.140. The van der Waals surface area contributed by atoms with Gasteiger partial charge in [-0.15, -0.1) is 0 Å². The van der Waals surface area contributed by atoms with Gasteiger partial charge in [0.25, 0.3) is 5.91 Å². The van der Waals surface area contributed by atoms with Gasteiger partial charge in [-0.2, -0.15) is 0 Å². The first-order chi connectivity index (χ1) is 9.38. The average Bonchev–Trinajstić information content (AvgIpc) is 2.82. The van der Waals surface area contributed by atoms with E-state index in [2.05, 4.69) is 5.32 Å². The Balaban J connectivity index is 2.09. The van der Waals surface area contributed by atoms with Crippen LogP contribution in [0.2, 0.25) is 0 Å². The lowest BCUT2D eigenvalue weighted by atomic mass is 10.1. The zero-order valence-corrected chi connectivity index (χ0v) is 10.7. The van der Waals surface area contributed by atoms with Crippen molar-refractivity contribution in [3.05, 3.63) is 47.0 Å². The van der Waals surface area contributed by atoms with Crippen LogP contribution in [0.3, 0.4) is 0 Å². The SMILES string of the molecule is Cc1cc(C(=O)NC2C=CC(C(=O)O)C2)c(F)cc1F. The van der Waals surface area contributed by atoms with Crippen LogP contribution >= 0.6 is 0 Å². The van der Waals surface area contributed by atoms with Gasteiger partial charge in [0.1, 0.15) is 11.6 Å². The minimum Gasteiger partial charge on any atom is -0.481 e. The summed E-state index contributed by atoms with van der Waals surface area (Å²) in [4.78, 5) is 22.7. The number of aliphatic carboxylic acids is 1. The van der Waals surface area contributed by atoms with Crippen molar-refractivity contribution in [2.45, 2.75) is 19.4 Å². The standard InChI is InChI=1S/C14H13F2NO3/c1-7-4-10(12(16)6-11(7)15)13(18)17-9-3-2-8(5-9)14(19)20/h2-4,6,8-9H,5H2,1H3,(H,17,18)(H,19,20). The molecule has 0 heterocycles. The Morgan fingerprint density at radius 3 is 2.55 bits per heavy atom. The highest BCUT2D eigenvalue weighted by Crippen LogP contribution is 2.19. The third-order valence-electron chi connectivity index (χ3n) is 3.21. The summed E-state index contributed by atoms with van der Waals surface area (Å²) in [5.74, 6) is -3.97. The molecule has 106 valence electrons. The molecule has 1 aliphatic carbocycles. The zero-order valence-electron chi connectivity index (χ0n) is 10.7. The first-order valence-electron chi connectivity index (χ1n) is 6.06. The van der Waals surface area contributed by atoms with Crippen LogP contribution in [0.25, 0.3) is 0 Å². The van der Waals surface area contributed by atoms with E-state index in [0.29, 0.717) is 6.07 Å². The van der Waals surface area contributed by atoms with E-state index < -0.39 is 35.5 Å². The quantitative estimate of drug-likeness (QED) is 0.833. The summed E-state index contributed by atoms with van der Waals surface area (Å²) in [7, 11) is 0. The number of benzene rings is 1. The van der Waals surface area contributed by atoms with Crippen molar-refractivity contribution in [1.82, 2.24) is 5.32 Å². The fraction of sp³-hybridized carbons (Fsp3) is 0.286. The van der Waals surface area contributed by atoms with Crippen molar-refractivity contribution in [3.8, 4) is 0 Å². The molecule has 1 amide bonds. The maximum atomic E-state index is 13.5. The first-order valence-corrected chi connectivity index (χ1v) is 6.06. The van der Waals surface area contributed by atoms with Gasteiger partial charge in [0.15, 0.2) is 0 Å². The second-order valence-electron chi connectivity index (χ2n) is 4.73. The number of carboxylic acid groups (broad SMARTS) is 1. The summed E-state index contributed by atoms with van der Waals surface area (Å²) in [5.41, 5.74) is -0.0852. The number of nitrogens with one attached hydrogen (secondary N) is 1. The molecule has 0 saturated carbocycles. The number of rotatable bonds is 3.